The Morgan fingerprint density at radius 3 is 2.00 bits per heavy atom. The molecular weight excluding hydrogens is 478 g/mol. The van der Waals surface area contributed by atoms with E-state index in [9.17, 15) is 24.0 Å². The van der Waals surface area contributed by atoms with Crippen LogP contribution < -0.4 is 0 Å². The molecule has 12 nitrogen and oxygen atoms in total. The number of hydrogen-bond donors (Lipinski definition) is 0. The van der Waals surface area contributed by atoms with Crippen molar-refractivity contribution in [3.8, 4) is 0 Å². The average molecular weight is 503 g/mol. The lowest BCUT2D eigenvalue weighted by atomic mass is 9.98. The summed E-state index contributed by atoms with van der Waals surface area (Å²) in [7, 11) is 0. The number of carbonyl (C=O) groups is 5. The number of hydrogen-bond acceptors (Lipinski definition) is 12. The number of para-hydroxylation sites is 1. The van der Waals surface area contributed by atoms with Crippen molar-refractivity contribution in [2.24, 2.45) is 0 Å². The van der Waals surface area contributed by atoms with Crippen LogP contribution in [0.5, 0.6) is 0 Å². The molecule has 1 aromatic carbocycles. The van der Waals surface area contributed by atoms with Gasteiger partial charge in [0.05, 0.1) is 11.1 Å². The third kappa shape index (κ3) is 6.54. The van der Waals surface area contributed by atoms with E-state index in [2.05, 4.69) is 4.98 Å². The molecule has 0 bridgehead atoms. The predicted octanol–water partition coefficient (Wildman–Crippen LogP) is 1.47. The molecule has 2 aromatic rings. The smallest absolute Gasteiger partial charge is 0.338 e. The maximum atomic E-state index is 12.9. The van der Waals surface area contributed by atoms with Gasteiger partial charge in [0.25, 0.3) is 0 Å². The van der Waals surface area contributed by atoms with Crippen LogP contribution in [0.2, 0.25) is 0 Å². The summed E-state index contributed by atoms with van der Waals surface area (Å²) in [6.45, 7) is 3.89. The number of benzene rings is 1. The first kappa shape index (κ1) is 26.5. The SMILES string of the molecule is CC(=O)O[C@H]1O[C@H](COC(=O)c2ccnc3ccccc23)[C@@H](OC(C)=O)[C@H](OC(C)=O)[C@H]1OC(C)=O. The van der Waals surface area contributed by atoms with Crippen LogP contribution in [0.4, 0.5) is 0 Å². The lowest BCUT2D eigenvalue weighted by Crippen LogP contribution is -2.63. The van der Waals surface area contributed by atoms with Crippen molar-refractivity contribution < 1.29 is 52.4 Å². The van der Waals surface area contributed by atoms with Crippen LogP contribution in [0.1, 0.15) is 38.1 Å². The van der Waals surface area contributed by atoms with E-state index in [1.165, 1.54) is 12.3 Å². The number of ether oxygens (including phenoxy) is 6. The van der Waals surface area contributed by atoms with Crippen LogP contribution >= 0.6 is 0 Å². The van der Waals surface area contributed by atoms with Gasteiger partial charge < -0.3 is 28.4 Å². The molecule has 0 amide bonds. The highest BCUT2D eigenvalue weighted by Crippen LogP contribution is 2.30. The van der Waals surface area contributed by atoms with Crippen molar-refractivity contribution >= 4 is 40.7 Å². The van der Waals surface area contributed by atoms with Gasteiger partial charge in [-0.3, -0.25) is 24.2 Å². The summed E-state index contributed by atoms with van der Waals surface area (Å²) in [6.07, 6.45) is -5.62. The Hall–Kier alpha value is -4.06. The molecule has 1 fully saturated rings. The van der Waals surface area contributed by atoms with E-state index < -0.39 is 67.2 Å². The van der Waals surface area contributed by atoms with Gasteiger partial charge in [-0.1, -0.05) is 18.2 Å². The lowest BCUT2D eigenvalue weighted by molar-refractivity contribution is -0.299. The van der Waals surface area contributed by atoms with Gasteiger partial charge in [-0.25, -0.2) is 4.79 Å². The van der Waals surface area contributed by atoms with E-state index in [0.717, 1.165) is 27.7 Å². The normalized spacial score (nSPS) is 23.3. The molecule has 0 saturated carbocycles. The minimum absolute atomic E-state index is 0.228. The van der Waals surface area contributed by atoms with E-state index in [1.807, 2.05) is 0 Å². The zero-order valence-electron chi connectivity index (χ0n) is 20.0. The van der Waals surface area contributed by atoms with Crippen LogP contribution in [-0.2, 0) is 47.6 Å². The molecule has 192 valence electrons. The average Bonchev–Trinajstić information content (AvgIpc) is 2.80. The van der Waals surface area contributed by atoms with E-state index in [1.54, 1.807) is 24.3 Å². The fourth-order valence-electron chi connectivity index (χ4n) is 3.76. The Labute approximate surface area is 205 Å². The van der Waals surface area contributed by atoms with Crippen molar-refractivity contribution in [1.29, 1.82) is 0 Å². The molecule has 12 heteroatoms. The summed E-state index contributed by atoms with van der Waals surface area (Å²) >= 11 is 0. The van der Waals surface area contributed by atoms with Crippen molar-refractivity contribution in [2.75, 3.05) is 6.61 Å². The first-order valence-electron chi connectivity index (χ1n) is 10.9. The molecule has 1 aliphatic rings. The first-order valence-corrected chi connectivity index (χ1v) is 10.9. The standard InChI is InChI=1S/C24H25NO11/c1-12(26)32-20-19(11-31-23(30)17-9-10-25-18-8-6-5-7-16(17)18)36-24(35-15(4)29)22(34-14(3)28)21(20)33-13(2)27/h5-10,19-22,24H,11H2,1-4H3/t19-,20-,21+,22-,24+/m1/s1. The molecular formula is C24H25NO11. The van der Waals surface area contributed by atoms with Gasteiger partial charge in [0.1, 0.15) is 12.7 Å². The van der Waals surface area contributed by atoms with Gasteiger partial charge in [-0.05, 0) is 12.1 Å². The Kier molecular flexibility index (Phi) is 8.54. The topological polar surface area (TPSA) is 154 Å². The largest absolute Gasteiger partial charge is 0.459 e. The molecule has 36 heavy (non-hydrogen) atoms. The molecule has 1 aliphatic heterocycles. The fraction of sp³-hybridized carbons (Fsp3) is 0.417. The van der Waals surface area contributed by atoms with Crippen molar-refractivity contribution in [1.82, 2.24) is 4.98 Å². The number of fused-ring (bicyclic) bond motifs is 1. The zero-order chi connectivity index (χ0) is 26.4. The quantitative estimate of drug-likeness (QED) is 0.397. The van der Waals surface area contributed by atoms with Crippen molar-refractivity contribution in [3.63, 3.8) is 0 Å². The highest BCUT2D eigenvalue weighted by Gasteiger charge is 2.53. The van der Waals surface area contributed by atoms with Gasteiger partial charge >= 0.3 is 29.8 Å². The third-order valence-electron chi connectivity index (χ3n) is 5.03. The van der Waals surface area contributed by atoms with Gasteiger partial charge in [0.2, 0.25) is 12.4 Å². The van der Waals surface area contributed by atoms with Crippen LogP contribution in [0.25, 0.3) is 10.9 Å². The minimum atomic E-state index is -1.55. The molecule has 0 N–H and O–H groups in total. The summed E-state index contributed by atoms with van der Waals surface area (Å²) in [5, 5.41) is 0.552. The van der Waals surface area contributed by atoms with E-state index in [0.29, 0.717) is 10.9 Å². The Bertz CT molecular complexity index is 1160. The van der Waals surface area contributed by atoms with E-state index >= 15 is 0 Å². The molecule has 1 saturated heterocycles. The molecule has 0 aliphatic carbocycles. The molecule has 3 rings (SSSR count). The van der Waals surface area contributed by atoms with E-state index in [4.69, 9.17) is 28.4 Å². The van der Waals surface area contributed by atoms with Gasteiger partial charge in [-0.2, -0.15) is 0 Å². The highest BCUT2D eigenvalue weighted by molar-refractivity contribution is 6.03. The second-order valence-electron chi connectivity index (χ2n) is 7.85. The Balaban J connectivity index is 1.91. The number of nitrogens with zero attached hydrogens (tertiary/aromatic N) is 1. The molecule has 0 unspecified atom stereocenters. The lowest BCUT2D eigenvalue weighted by Gasteiger charge is -2.43. The van der Waals surface area contributed by atoms with Gasteiger partial charge in [0, 0.05) is 39.3 Å². The molecule has 5 atom stereocenters. The summed E-state index contributed by atoms with van der Waals surface area (Å²) < 4.78 is 32.1. The van der Waals surface area contributed by atoms with Gasteiger partial charge in [-0.15, -0.1) is 0 Å². The van der Waals surface area contributed by atoms with Crippen LogP contribution in [-0.4, -0.2) is 72.1 Å². The predicted molar refractivity (Wildman–Crippen MR) is 119 cm³/mol. The fourth-order valence-corrected chi connectivity index (χ4v) is 3.76. The maximum Gasteiger partial charge on any atom is 0.338 e. The number of rotatable bonds is 7. The molecule has 0 spiro atoms. The monoisotopic (exact) mass is 503 g/mol. The second kappa shape index (κ2) is 11.6. The molecule has 1 aromatic heterocycles. The molecule has 2 heterocycles. The van der Waals surface area contributed by atoms with Crippen molar-refractivity contribution in [2.45, 2.75) is 58.4 Å². The summed E-state index contributed by atoms with van der Waals surface area (Å²) in [5.74, 6) is -3.88. The summed E-state index contributed by atoms with van der Waals surface area (Å²) in [5.41, 5.74) is 0.805. The van der Waals surface area contributed by atoms with Gasteiger partial charge in [0.15, 0.2) is 12.2 Å². The minimum Gasteiger partial charge on any atom is -0.459 e. The summed E-state index contributed by atoms with van der Waals surface area (Å²) in [6, 6.07) is 8.43. The number of pyridine rings is 1. The highest BCUT2D eigenvalue weighted by atomic mass is 16.7. The Morgan fingerprint density at radius 2 is 1.36 bits per heavy atom. The van der Waals surface area contributed by atoms with Crippen LogP contribution in [0, 0.1) is 0 Å². The van der Waals surface area contributed by atoms with Crippen LogP contribution in [0.3, 0.4) is 0 Å². The zero-order valence-corrected chi connectivity index (χ0v) is 20.0. The Morgan fingerprint density at radius 1 is 0.778 bits per heavy atom. The molecule has 0 radical (unpaired) electrons. The van der Waals surface area contributed by atoms with E-state index in [-0.39, 0.29) is 5.56 Å². The second-order valence-corrected chi connectivity index (χ2v) is 7.85. The maximum absolute atomic E-state index is 12.9. The number of aromatic nitrogens is 1. The first-order chi connectivity index (χ1) is 17.1. The van der Waals surface area contributed by atoms with Crippen LogP contribution in [0.15, 0.2) is 36.5 Å². The number of carbonyl (C=O) groups excluding carboxylic acids is 5. The number of esters is 5. The third-order valence-corrected chi connectivity index (χ3v) is 5.03. The summed E-state index contributed by atoms with van der Waals surface area (Å²) in [4.78, 5) is 64.2. The van der Waals surface area contributed by atoms with Crippen molar-refractivity contribution in [3.05, 3.63) is 42.1 Å².